The zero-order chi connectivity index (χ0) is 28.2. The number of rotatable bonds is 8. The summed E-state index contributed by atoms with van der Waals surface area (Å²) in [4.78, 5) is 68.9. The predicted molar refractivity (Wildman–Crippen MR) is 127 cm³/mol. The van der Waals surface area contributed by atoms with Crippen LogP contribution in [0.5, 0.6) is 0 Å². The van der Waals surface area contributed by atoms with E-state index in [0.717, 1.165) is 0 Å². The number of ketones is 1. The Labute approximate surface area is 218 Å². The Bertz CT molecular complexity index is 1270. The number of hydrogen-bond donors (Lipinski definition) is 4. The summed E-state index contributed by atoms with van der Waals surface area (Å²) in [6, 6.07) is 2.26. The highest BCUT2D eigenvalue weighted by atomic mass is 35.5. The highest BCUT2D eigenvalue weighted by Crippen LogP contribution is 2.26. The molecule has 1 saturated heterocycles. The topological polar surface area (TPSA) is 159 Å². The Morgan fingerprint density at radius 2 is 1.82 bits per heavy atom. The third kappa shape index (κ3) is 6.82. The molecule has 1 aromatic heterocycles. The molecule has 4 amide bonds. The van der Waals surface area contributed by atoms with Crippen LogP contribution in [0.25, 0.3) is 0 Å². The second-order valence-electron chi connectivity index (χ2n) is 8.48. The lowest BCUT2D eigenvalue weighted by Crippen LogP contribution is -2.48. The van der Waals surface area contributed by atoms with Crippen LogP contribution in [0.1, 0.15) is 46.3 Å². The van der Waals surface area contributed by atoms with Gasteiger partial charge < -0.3 is 21.3 Å². The van der Waals surface area contributed by atoms with Gasteiger partial charge in [-0.1, -0.05) is 11.6 Å². The molecule has 0 spiro atoms. The van der Waals surface area contributed by atoms with Gasteiger partial charge in [0.05, 0.1) is 22.9 Å². The van der Waals surface area contributed by atoms with Gasteiger partial charge in [-0.25, -0.2) is 9.97 Å². The molecule has 1 aliphatic rings. The van der Waals surface area contributed by atoms with Crippen molar-refractivity contribution in [2.45, 2.75) is 38.0 Å². The van der Waals surface area contributed by atoms with Gasteiger partial charge in [-0.05, 0) is 38.0 Å². The fourth-order valence-corrected chi connectivity index (χ4v) is 3.96. The van der Waals surface area contributed by atoms with Crippen LogP contribution in [0.2, 0.25) is 5.02 Å². The second kappa shape index (κ2) is 11.5. The summed E-state index contributed by atoms with van der Waals surface area (Å²) in [6.07, 6.45) is -3.21. The number of alkyl halides is 3. The zero-order valence-corrected chi connectivity index (χ0v) is 20.7. The smallest absolute Gasteiger partial charge is 0.353 e. The first-order valence-corrected chi connectivity index (χ1v) is 11.5. The number of carbonyl (C=O) groups is 5. The lowest BCUT2D eigenvalue weighted by Gasteiger charge is -2.20. The van der Waals surface area contributed by atoms with Gasteiger partial charge in [0.15, 0.2) is 0 Å². The van der Waals surface area contributed by atoms with Crippen molar-refractivity contribution >= 4 is 46.7 Å². The predicted octanol–water partition coefficient (Wildman–Crippen LogP) is 1.73. The van der Waals surface area contributed by atoms with E-state index in [-0.39, 0.29) is 40.2 Å². The maximum Gasteiger partial charge on any atom is 0.451 e. The van der Waals surface area contributed by atoms with Gasteiger partial charge >= 0.3 is 6.18 Å². The monoisotopic (exact) mass is 554 g/mol. The van der Waals surface area contributed by atoms with Crippen molar-refractivity contribution in [2.24, 2.45) is 5.92 Å². The Balaban J connectivity index is 1.84. The van der Waals surface area contributed by atoms with Crippen LogP contribution >= 0.6 is 11.6 Å². The number of aromatic nitrogens is 2. The van der Waals surface area contributed by atoms with Crippen LogP contribution in [0.15, 0.2) is 30.6 Å². The van der Waals surface area contributed by atoms with Crippen molar-refractivity contribution in [1.29, 1.82) is 0 Å². The van der Waals surface area contributed by atoms with Crippen molar-refractivity contribution in [1.82, 2.24) is 25.9 Å². The number of halogens is 4. The van der Waals surface area contributed by atoms with Crippen molar-refractivity contribution in [3.05, 3.63) is 52.6 Å². The highest BCUT2D eigenvalue weighted by Gasteiger charge is 2.37. The van der Waals surface area contributed by atoms with Crippen LogP contribution in [0.4, 0.5) is 18.9 Å². The molecular weight excluding hydrogens is 533 g/mol. The number of hydrogen-bond acceptors (Lipinski definition) is 7. The summed E-state index contributed by atoms with van der Waals surface area (Å²) in [5, 5.41) is 9.77. The minimum absolute atomic E-state index is 0.0872. The van der Waals surface area contributed by atoms with E-state index >= 15 is 0 Å². The maximum atomic E-state index is 13.2. The van der Waals surface area contributed by atoms with Gasteiger partial charge in [-0.15, -0.1) is 0 Å². The van der Waals surface area contributed by atoms with Gasteiger partial charge in [-0.2, -0.15) is 13.2 Å². The maximum absolute atomic E-state index is 13.2. The van der Waals surface area contributed by atoms with Crippen LogP contribution in [-0.2, 0) is 20.6 Å². The molecule has 4 N–H and O–H groups in total. The fourth-order valence-electron chi connectivity index (χ4n) is 3.79. The average Bonchev–Trinajstić information content (AvgIpc) is 3.19. The molecule has 2 aromatic rings. The highest BCUT2D eigenvalue weighted by molar-refractivity contribution is 6.38. The Hall–Kier alpha value is -4.07. The summed E-state index contributed by atoms with van der Waals surface area (Å²) in [6.45, 7) is 1.77. The van der Waals surface area contributed by atoms with E-state index in [1.807, 2.05) is 0 Å². The van der Waals surface area contributed by atoms with Crippen LogP contribution < -0.4 is 21.3 Å². The third-order valence-electron chi connectivity index (χ3n) is 5.63. The second-order valence-corrected chi connectivity index (χ2v) is 8.92. The van der Waals surface area contributed by atoms with Crippen LogP contribution in [-0.4, -0.2) is 58.5 Å². The molecule has 1 unspecified atom stereocenters. The molecule has 3 atom stereocenters. The normalized spacial score (nSPS) is 17.8. The van der Waals surface area contributed by atoms with Gasteiger partial charge in [-0.3, -0.25) is 24.0 Å². The summed E-state index contributed by atoms with van der Waals surface area (Å²) < 4.78 is 38.1. The summed E-state index contributed by atoms with van der Waals surface area (Å²) in [7, 11) is 1.24. The number of carbonyl (C=O) groups excluding carboxylic acids is 5. The molecule has 0 radical (unpaired) electrons. The number of amides is 4. The fraction of sp³-hybridized carbons (Fsp3) is 0.348. The first-order chi connectivity index (χ1) is 17.8. The number of nitrogens with zero attached hydrogens (tertiary/aromatic N) is 2. The molecule has 11 nitrogen and oxygen atoms in total. The first-order valence-electron chi connectivity index (χ1n) is 11.2. The number of anilines is 1. The van der Waals surface area contributed by atoms with E-state index in [1.54, 1.807) is 6.92 Å². The number of Topliss-reactive ketones (excluding diaryl/α,β-unsaturated/α-hetero) is 1. The van der Waals surface area contributed by atoms with Crippen molar-refractivity contribution in [3.8, 4) is 0 Å². The molecule has 1 fully saturated rings. The quantitative estimate of drug-likeness (QED) is 0.362. The first kappa shape index (κ1) is 28.5. The standard InChI is InChI=1S/C23H22ClF3N6O5/c1-10-5-11(18(35)31-10)6-16(17(34)21(38)28-2)33-20(37)14-7-13(24)3-4-15(14)32-19(36)12-8-29-22(30-9-12)23(25,26)27/h3-4,7-11,16H,5-6H2,1-2H3,(H,28,38)(H,31,35)(H,32,36)(H,33,37)/t10-,11+,16?/m1/s1. The van der Waals surface area contributed by atoms with E-state index in [4.69, 9.17) is 11.6 Å². The SMILES string of the molecule is CNC(=O)C(=O)C(C[C@@H]1C[C@@H](C)NC1=O)NC(=O)c1cc(Cl)ccc1NC(=O)c1cnc(C(F)(F)F)nc1. The summed E-state index contributed by atoms with van der Waals surface area (Å²) >= 11 is 6.02. The van der Waals surface area contributed by atoms with E-state index in [1.165, 1.54) is 25.2 Å². The van der Waals surface area contributed by atoms with Crippen molar-refractivity contribution in [3.63, 3.8) is 0 Å². The number of nitrogens with one attached hydrogen (secondary N) is 4. The van der Waals surface area contributed by atoms with Gasteiger partial charge in [0.25, 0.3) is 17.7 Å². The molecule has 0 bridgehead atoms. The van der Waals surface area contributed by atoms with E-state index in [2.05, 4.69) is 31.2 Å². The Morgan fingerprint density at radius 1 is 1.16 bits per heavy atom. The minimum atomic E-state index is -4.80. The summed E-state index contributed by atoms with van der Waals surface area (Å²) in [5.74, 6) is -6.19. The minimum Gasteiger partial charge on any atom is -0.353 e. The van der Waals surface area contributed by atoms with Crippen molar-refractivity contribution < 1.29 is 37.1 Å². The third-order valence-corrected chi connectivity index (χ3v) is 5.87. The lowest BCUT2D eigenvalue weighted by molar-refractivity contribution is -0.145. The van der Waals surface area contributed by atoms with E-state index < -0.39 is 47.5 Å². The molecule has 3 rings (SSSR count). The molecule has 38 heavy (non-hydrogen) atoms. The largest absolute Gasteiger partial charge is 0.451 e. The number of benzene rings is 1. The van der Waals surface area contributed by atoms with Gasteiger partial charge in [0.1, 0.15) is 0 Å². The Morgan fingerprint density at radius 3 is 2.37 bits per heavy atom. The van der Waals surface area contributed by atoms with Crippen LogP contribution in [0, 0.1) is 5.92 Å². The van der Waals surface area contributed by atoms with Gasteiger partial charge in [0, 0.05) is 36.4 Å². The van der Waals surface area contributed by atoms with Crippen molar-refractivity contribution in [2.75, 3.05) is 12.4 Å². The number of likely N-dealkylation sites (N-methyl/N-ethyl adjacent to an activating group) is 1. The average molecular weight is 555 g/mol. The molecule has 2 heterocycles. The van der Waals surface area contributed by atoms with E-state index in [0.29, 0.717) is 18.8 Å². The molecule has 202 valence electrons. The molecule has 0 saturated carbocycles. The van der Waals surface area contributed by atoms with Gasteiger partial charge in [0.2, 0.25) is 17.5 Å². The van der Waals surface area contributed by atoms with E-state index in [9.17, 15) is 37.1 Å². The van der Waals surface area contributed by atoms with Crippen LogP contribution in [0.3, 0.4) is 0 Å². The molecular formula is C23H22ClF3N6O5. The lowest BCUT2D eigenvalue weighted by atomic mass is 9.93. The molecule has 0 aliphatic carbocycles. The molecule has 1 aliphatic heterocycles. The molecule has 15 heteroatoms. The summed E-state index contributed by atoms with van der Waals surface area (Å²) in [5.41, 5.74) is -0.638. The Kier molecular flexibility index (Phi) is 8.66. The molecule has 1 aromatic carbocycles. The zero-order valence-electron chi connectivity index (χ0n) is 20.0.